The standard InChI is InChI=1S/C18H21ClN2O3.ClH/c1-11(2)10-24-17-13(19)8-12(9-16(17)23-3)18(22)21-15-7-5-4-6-14(15)20;/h4-9,11H,10,20H2,1-3H3,(H,21,22);1H. The molecule has 3 N–H and O–H groups in total. The minimum absolute atomic E-state index is 0. The molecule has 2 aromatic carbocycles. The van der Waals surface area contributed by atoms with Gasteiger partial charge in [-0.2, -0.15) is 0 Å². The lowest BCUT2D eigenvalue weighted by molar-refractivity contribution is 0.102. The number of para-hydroxylation sites is 2. The number of halogens is 2. The lowest BCUT2D eigenvalue weighted by atomic mass is 10.1. The van der Waals surface area contributed by atoms with Crippen molar-refractivity contribution in [3.8, 4) is 11.5 Å². The molecule has 0 unspecified atom stereocenters. The van der Waals surface area contributed by atoms with Crippen LogP contribution in [-0.2, 0) is 0 Å². The molecule has 0 saturated carbocycles. The second-order valence-electron chi connectivity index (χ2n) is 5.74. The number of methoxy groups -OCH3 is 1. The first kappa shape index (κ1) is 20.9. The largest absolute Gasteiger partial charge is 0.493 e. The second-order valence-corrected chi connectivity index (χ2v) is 6.14. The van der Waals surface area contributed by atoms with Crippen molar-refractivity contribution >= 4 is 41.3 Å². The highest BCUT2D eigenvalue weighted by atomic mass is 35.5. The molecule has 0 aliphatic rings. The second kappa shape index (κ2) is 9.39. The van der Waals surface area contributed by atoms with Crippen LogP contribution in [0.15, 0.2) is 36.4 Å². The average molecular weight is 385 g/mol. The molecule has 0 atom stereocenters. The number of hydrogen-bond donors (Lipinski definition) is 2. The molecule has 0 aliphatic carbocycles. The number of rotatable bonds is 6. The highest BCUT2D eigenvalue weighted by molar-refractivity contribution is 6.32. The highest BCUT2D eigenvalue weighted by Crippen LogP contribution is 2.37. The van der Waals surface area contributed by atoms with Gasteiger partial charge in [-0.3, -0.25) is 4.79 Å². The number of carbonyl (C=O) groups excluding carboxylic acids is 1. The van der Waals surface area contributed by atoms with E-state index in [1.54, 1.807) is 36.4 Å². The van der Waals surface area contributed by atoms with Crippen molar-refractivity contribution in [3.63, 3.8) is 0 Å². The Morgan fingerprint density at radius 1 is 1.28 bits per heavy atom. The van der Waals surface area contributed by atoms with Gasteiger partial charge in [-0.05, 0) is 30.2 Å². The molecule has 2 aromatic rings. The number of carbonyl (C=O) groups is 1. The Kier molecular flexibility index (Phi) is 7.87. The zero-order valence-electron chi connectivity index (χ0n) is 14.3. The first-order valence-corrected chi connectivity index (χ1v) is 7.96. The van der Waals surface area contributed by atoms with Crippen molar-refractivity contribution < 1.29 is 14.3 Å². The monoisotopic (exact) mass is 384 g/mol. The van der Waals surface area contributed by atoms with Crippen molar-refractivity contribution in [2.45, 2.75) is 13.8 Å². The van der Waals surface area contributed by atoms with E-state index in [-0.39, 0.29) is 18.3 Å². The van der Waals surface area contributed by atoms with Gasteiger partial charge in [-0.15, -0.1) is 12.4 Å². The van der Waals surface area contributed by atoms with Crippen LogP contribution in [0, 0.1) is 5.92 Å². The fourth-order valence-corrected chi connectivity index (χ4v) is 2.31. The summed E-state index contributed by atoms with van der Waals surface area (Å²) in [4.78, 5) is 12.4. The third-order valence-electron chi connectivity index (χ3n) is 3.26. The molecule has 5 nitrogen and oxygen atoms in total. The van der Waals surface area contributed by atoms with Gasteiger partial charge < -0.3 is 20.5 Å². The summed E-state index contributed by atoms with van der Waals surface area (Å²) in [6, 6.07) is 10.2. The number of nitrogens with two attached hydrogens (primary N) is 1. The maximum absolute atomic E-state index is 12.4. The van der Waals surface area contributed by atoms with Crippen molar-refractivity contribution in [1.29, 1.82) is 0 Å². The van der Waals surface area contributed by atoms with E-state index in [1.165, 1.54) is 7.11 Å². The molecule has 0 heterocycles. The molecule has 0 fully saturated rings. The molecule has 0 bridgehead atoms. The Hall–Kier alpha value is -2.11. The van der Waals surface area contributed by atoms with Gasteiger partial charge in [0.25, 0.3) is 5.91 Å². The number of nitrogens with one attached hydrogen (secondary N) is 1. The summed E-state index contributed by atoms with van der Waals surface area (Å²) in [5, 5.41) is 3.08. The number of nitrogen functional groups attached to an aromatic ring is 1. The third kappa shape index (κ3) is 5.44. The van der Waals surface area contributed by atoms with Crippen LogP contribution < -0.4 is 20.5 Å². The van der Waals surface area contributed by atoms with E-state index in [4.69, 9.17) is 26.8 Å². The molecule has 0 aliphatic heterocycles. The van der Waals surface area contributed by atoms with E-state index in [1.807, 2.05) is 13.8 Å². The molecule has 0 aromatic heterocycles. The molecule has 0 spiro atoms. The molecule has 7 heteroatoms. The third-order valence-corrected chi connectivity index (χ3v) is 3.54. The number of benzene rings is 2. The van der Waals surface area contributed by atoms with E-state index >= 15 is 0 Å². The molecular formula is C18H22Cl2N2O3. The zero-order chi connectivity index (χ0) is 17.7. The van der Waals surface area contributed by atoms with E-state index < -0.39 is 0 Å². The summed E-state index contributed by atoms with van der Waals surface area (Å²) < 4.78 is 11.0. The van der Waals surface area contributed by atoms with Gasteiger partial charge in [0.1, 0.15) is 0 Å². The SMILES string of the molecule is COc1cc(C(=O)Nc2ccccc2N)cc(Cl)c1OCC(C)C.Cl. The summed E-state index contributed by atoms with van der Waals surface area (Å²) in [5.74, 6) is 0.858. The van der Waals surface area contributed by atoms with Crippen LogP contribution >= 0.6 is 24.0 Å². The fourth-order valence-electron chi connectivity index (χ4n) is 2.05. The summed E-state index contributed by atoms with van der Waals surface area (Å²) in [6.45, 7) is 4.57. The van der Waals surface area contributed by atoms with Gasteiger partial charge in [0, 0.05) is 5.56 Å². The minimum Gasteiger partial charge on any atom is -0.493 e. The average Bonchev–Trinajstić information content (AvgIpc) is 2.54. The zero-order valence-corrected chi connectivity index (χ0v) is 15.9. The first-order chi connectivity index (χ1) is 11.4. The van der Waals surface area contributed by atoms with Crippen molar-refractivity contribution in [3.05, 3.63) is 47.0 Å². The smallest absolute Gasteiger partial charge is 0.255 e. The van der Waals surface area contributed by atoms with Gasteiger partial charge in [0.2, 0.25) is 0 Å². The number of anilines is 2. The molecular weight excluding hydrogens is 363 g/mol. The van der Waals surface area contributed by atoms with E-state index in [2.05, 4.69) is 5.32 Å². The molecule has 136 valence electrons. The summed E-state index contributed by atoms with van der Waals surface area (Å²) in [7, 11) is 1.50. The van der Waals surface area contributed by atoms with Gasteiger partial charge in [0.05, 0.1) is 30.1 Å². The Morgan fingerprint density at radius 3 is 2.56 bits per heavy atom. The van der Waals surface area contributed by atoms with Crippen LogP contribution in [0.25, 0.3) is 0 Å². The maximum Gasteiger partial charge on any atom is 0.255 e. The normalized spacial score (nSPS) is 10.1. The first-order valence-electron chi connectivity index (χ1n) is 7.58. The Morgan fingerprint density at radius 2 is 1.96 bits per heavy atom. The number of amides is 1. The lowest BCUT2D eigenvalue weighted by Gasteiger charge is -2.15. The predicted octanol–water partition coefficient (Wildman–Crippen LogP) is 4.64. The van der Waals surface area contributed by atoms with E-state index in [0.717, 1.165) is 0 Å². The van der Waals surface area contributed by atoms with Crippen LogP contribution in [0.3, 0.4) is 0 Å². The van der Waals surface area contributed by atoms with Gasteiger partial charge in [0.15, 0.2) is 11.5 Å². The maximum atomic E-state index is 12.4. The molecule has 0 radical (unpaired) electrons. The molecule has 0 saturated heterocycles. The van der Waals surface area contributed by atoms with Crippen molar-refractivity contribution in [2.24, 2.45) is 5.92 Å². The fraction of sp³-hybridized carbons (Fsp3) is 0.278. The Balaban J connectivity index is 0.00000312. The van der Waals surface area contributed by atoms with Gasteiger partial charge in [-0.25, -0.2) is 0 Å². The van der Waals surface area contributed by atoms with Crippen LogP contribution in [-0.4, -0.2) is 19.6 Å². The van der Waals surface area contributed by atoms with E-state index in [0.29, 0.717) is 46.0 Å². The molecule has 1 amide bonds. The van der Waals surface area contributed by atoms with Gasteiger partial charge >= 0.3 is 0 Å². The van der Waals surface area contributed by atoms with Crippen LogP contribution in [0.2, 0.25) is 5.02 Å². The van der Waals surface area contributed by atoms with Crippen LogP contribution in [0.5, 0.6) is 11.5 Å². The number of hydrogen-bond acceptors (Lipinski definition) is 4. The Labute approximate surface area is 158 Å². The minimum atomic E-state index is -0.330. The topological polar surface area (TPSA) is 73.6 Å². The van der Waals surface area contributed by atoms with E-state index in [9.17, 15) is 4.79 Å². The van der Waals surface area contributed by atoms with Crippen LogP contribution in [0.4, 0.5) is 11.4 Å². The predicted molar refractivity (Wildman–Crippen MR) is 104 cm³/mol. The molecule has 2 rings (SSSR count). The quantitative estimate of drug-likeness (QED) is 0.711. The Bertz CT molecular complexity index is 736. The number of ether oxygens (including phenoxy) is 2. The summed E-state index contributed by atoms with van der Waals surface area (Å²) in [5.41, 5.74) is 7.22. The van der Waals surface area contributed by atoms with Gasteiger partial charge in [-0.1, -0.05) is 37.6 Å². The van der Waals surface area contributed by atoms with Crippen LogP contribution in [0.1, 0.15) is 24.2 Å². The summed E-state index contributed by atoms with van der Waals surface area (Å²) >= 11 is 6.27. The summed E-state index contributed by atoms with van der Waals surface area (Å²) in [6.07, 6.45) is 0. The highest BCUT2D eigenvalue weighted by Gasteiger charge is 2.17. The molecule has 25 heavy (non-hydrogen) atoms. The van der Waals surface area contributed by atoms with Crippen molar-refractivity contribution in [2.75, 3.05) is 24.8 Å². The van der Waals surface area contributed by atoms with Crippen molar-refractivity contribution in [1.82, 2.24) is 0 Å². The lowest BCUT2D eigenvalue weighted by Crippen LogP contribution is -2.14.